The molecule has 0 saturated carbocycles. The van der Waals surface area contributed by atoms with Crippen LogP contribution in [0.15, 0.2) is 66.7 Å². The molecule has 2 N–H and O–H groups in total. The highest BCUT2D eigenvalue weighted by Gasteiger charge is 2.12. The van der Waals surface area contributed by atoms with Crippen LogP contribution in [0.5, 0.6) is 0 Å². The molecular weight excluding hydrogens is 286 g/mol. The van der Waals surface area contributed by atoms with E-state index in [4.69, 9.17) is 5.73 Å². The summed E-state index contributed by atoms with van der Waals surface area (Å²) < 4.78 is 4.66. The fourth-order valence-corrected chi connectivity index (χ4v) is 2.77. The first kappa shape index (κ1) is 15.3. The van der Waals surface area contributed by atoms with Gasteiger partial charge in [0.15, 0.2) is 0 Å². The molecule has 3 heteroatoms. The first-order valence-electron chi connectivity index (χ1n) is 7.59. The van der Waals surface area contributed by atoms with Gasteiger partial charge in [-0.1, -0.05) is 66.7 Å². The van der Waals surface area contributed by atoms with E-state index in [2.05, 4.69) is 35.1 Å². The third-order valence-electron chi connectivity index (χ3n) is 4.05. The number of hydrogen-bond donors (Lipinski definition) is 1. The van der Waals surface area contributed by atoms with Crippen LogP contribution in [0.25, 0.3) is 21.9 Å². The Morgan fingerprint density at radius 2 is 1.70 bits per heavy atom. The minimum absolute atomic E-state index is 0.185. The molecule has 0 unspecified atom stereocenters. The molecule has 0 fully saturated rings. The van der Waals surface area contributed by atoms with Gasteiger partial charge in [0.2, 0.25) is 0 Å². The van der Waals surface area contributed by atoms with Crippen LogP contribution in [-0.4, -0.2) is 13.1 Å². The molecular formula is C20H19NO2. The summed E-state index contributed by atoms with van der Waals surface area (Å²) in [5.74, 6) is -0.296. The molecule has 0 aliphatic heterocycles. The molecule has 1 atom stereocenters. The Kier molecular flexibility index (Phi) is 4.40. The van der Waals surface area contributed by atoms with Crippen LogP contribution in [0.2, 0.25) is 0 Å². The normalized spacial score (nSPS) is 12.1. The molecule has 0 saturated heterocycles. The molecule has 3 aromatic rings. The van der Waals surface area contributed by atoms with Gasteiger partial charge in [0.25, 0.3) is 0 Å². The average molecular weight is 305 g/mol. The van der Waals surface area contributed by atoms with E-state index in [0.29, 0.717) is 0 Å². The van der Waals surface area contributed by atoms with E-state index in [1.807, 2.05) is 36.4 Å². The monoisotopic (exact) mass is 305 g/mol. The molecule has 0 radical (unpaired) electrons. The van der Waals surface area contributed by atoms with E-state index in [0.717, 1.165) is 11.1 Å². The SMILES string of the molecule is COC(=O)C[C@H](N)c1ccc(-c2cccc3ccccc23)cc1. The summed E-state index contributed by atoms with van der Waals surface area (Å²) in [4.78, 5) is 11.3. The molecule has 116 valence electrons. The fourth-order valence-electron chi connectivity index (χ4n) is 2.77. The predicted octanol–water partition coefficient (Wildman–Crippen LogP) is 4.07. The number of hydrogen-bond acceptors (Lipinski definition) is 3. The molecule has 0 bridgehead atoms. The lowest BCUT2D eigenvalue weighted by Crippen LogP contribution is -2.16. The number of methoxy groups -OCH3 is 1. The van der Waals surface area contributed by atoms with Crippen molar-refractivity contribution in [3.05, 3.63) is 72.3 Å². The highest BCUT2D eigenvalue weighted by molar-refractivity contribution is 5.96. The van der Waals surface area contributed by atoms with Crippen LogP contribution in [-0.2, 0) is 9.53 Å². The largest absolute Gasteiger partial charge is 0.469 e. The highest BCUT2D eigenvalue weighted by atomic mass is 16.5. The standard InChI is InChI=1S/C20H19NO2/c1-23-20(22)13-19(21)16-11-9-15(10-12-16)18-8-4-6-14-5-2-3-7-17(14)18/h2-12,19H,13,21H2,1H3/t19-/m0/s1. The van der Waals surface area contributed by atoms with Crippen LogP contribution in [0.4, 0.5) is 0 Å². The summed E-state index contributed by atoms with van der Waals surface area (Å²) >= 11 is 0. The number of carbonyl (C=O) groups is 1. The van der Waals surface area contributed by atoms with Crippen molar-refractivity contribution in [3.8, 4) is 11.1 Å². The zero-order valence-electron chi connectivity index (χ0n) is 13.0. The number of ether oxygens (including phenoxy) is 1. The predicted molar refractivity (Wildman–Crippen MR) is 92.9 cm³/mol. The van der Waals surface area contributed by atoms with Crippen molar-refractivity contribution in [2.24, 2.45) is 5.73 Å². The number of carbonyl (C=O) groups excluding carboxylic acids is 1. The topological polar surface area (TPSA) is 52.3 Å². The van der Waals surface area contributed by atoms with Gasteiger partial charge < -0.3 is 10.5 Å². The summed E-state index contributed by atoms with van der Waals surface area (Å²) in [6, 6.07) is 22.3. The molecule has 3 rings (SSSR count). The van der Waals surface area contributed by atoms with E-state index in [1.54, 1.807) is 0 Å². The van der Waals surface area contributed by atoms with Gasteiger partial charge in [0, 0.05) is 6.04 Å². The molecule has 23 heavy (non-hydrogen) atoms. The van der Waals surface area contributed by atoms with Crippen LogP contribution in [0, 0.1) is 0 Å². The second kappa shape index (κ2) is 6.63. The Morgan fingerprint density at radius 1 is 1.00 bits per heavy atom. The van der Waals surface area contributed by atoms with Crippen molar-refractivity contribution in [2.75, 3.05) is 7.11 Å². The molecule has 0 aliphatic carbocycles. The number of esters is 1. The summed E-state index contributed by atoms with van der Waals surface area (Å²) in [6.07, 6.45) is 0.185. The van der Waals surface area contributed by atoms with Crippen molar-refractivity contribution in [2.45, 2.75) is 12.5 Å². The average Bonchev–Trinajstić information content (AvgIpc) is 2.61. The van der Waals surface area contributed by atoms with Crippen LogP contribution in [0.3, 0.4) is 0 Å². The van der Waals surface area contributed by atoms with Crippen LogP contribution < -0.4 is 5.73 Å². The van der Waals surface area contributed by atoms with Gasteiger partial charge >= 0.3 is 5.97 Å². The van der Waals surface area contributed by atoms with Gasteiger partial charge in [-0.2, -0.15) is 0 Å². The van der Waals surface area contributed by atoms with Gasteiger partial charge in [-0.15, -0.1) is 0 Å². The van der Waals surface area contributed by atoms with Crippen molar-refractivity contribution in [1.82, 2.24) is 0 Å². The van der Waals surface area contributed by atoms with Gasteiger partial charge in [-0.25, -0.2) is 0 Å². The second-order valence-corrected chi connectivity index (χ2v) is 5.54. The van der Waals surface area contributed by atoms with E-state index >= 15 is 0 Å². The quantitative estimate of drug-likeness (QED) is 0.739. The van der Waals surface area contributed by atoms with E-state index in [-0.39, 0.29) is 18.4 Å². The fraction of sp³-hybridized carbons (Fsp3) is 0.150. The number of rotatable bonds is 4. The first-order valence-corrected chi connectivity index (χ1v) is 7.59. The molecule has 3 nitrogen and oxygen atoms in total. The maximum Gasteiger partial charge on any atom is 0.307 e. The smallest absolute Gasteiger partial charge is 0.307 e. The summed E-state index contributed by atoms with van der Waals surface area (Å²) in [7, 11) is 1.37. The highest BCUT2D eigenvalue weighted by Crippen LogP contribution is 2.29. The van der Waals surface area contributed by atoms with Gasteiger partial charge in [0.05, 0.1) is 13.5 Å². The third kappa shape index (κ3) is 3.25. The van der Waals surface area contributed by atoms with Gasteiger partial charge in [-0.3, -0.25) is 4.79 Å². The second-order valence-electron chi connectivity index (χ2n) is 5.54. The number of benzene rings is 3. The Bertz CT molecular complexity index is 819. The molecule has 0 aliphatic rings. The van der Waals surface area contributed by atoms with Crippen molar-refractivity contribution < 1.29 is 9.53 Å². The lowest BCUT2D eigenvalue weighted by Gasteiger charge is -2.12. The Labute approximate surface area is 135 Å². The Morgan fingerprint density at radius 3 is 2.43 bits per heavy atom. The minimum atomic E-state index is -0.344. The first-order chi connectivity index (χ1) is 11.2. The van der Waals surface area contributed by atoms with Gasteiger partial charge in [-0.05, 0) is 27.5 Å². The zero-order valence-corrected chi connectivity index (χ0v) is 13.0. The molecule has 0 aromatic heterocycles. The van der Waals surface area contributed by atoms with Crippen LogP contribution >= 0.6 is 0 Å². The lowest BCUT2D eigenvalue weighted by atomic mass is 9.96. The van der Waals surface area contributed by atoms with Crippen molar-refractivity contribution >= 4 is 16.7 Å². The zero-order chi connectivity index (χ0) is 16.2. The van der Waals surface area contributed by atoms with Crippen molar-refractivity contribution in [3.63, 3.8) is 0 Å². The van der Waals surface area contributed by atoms with Gasteiger partial charge in [0.1, 0.15) is 0 Å². The maximum absolute atomic E-state index is 11.3. The van der Waals surface area contributed by atoms with E-state index in [1.165, 1.54) is 23.4 Å². The van der Waals surface area contributed by atoms with Crippen molar-refractivity contribution in [1.29, 1.82) is 0 Å². The molecule has 0 spiro atoms. The van der Waals surface area contributed by atoms with E-state index in [9.17, 15) is 4.79 Å². The summed E-state index contributed by atoms with van der Waals surface area (Å²) in [6.45, 7) is 0. The number of nitrogens with two attached hydrogens (primary N) is 1. The Balaban J connectivity index is 1.91. The summed E-state index contributed by atoms with van der Waals surface area (Å²) in [5, 5.41) is 2.44. The molecule has 3 aromatic carbocycles. The van der Waals surface area contributed by atoms with E-state index < -0.39 is 0 Å². The molecule has 0 amide bonds. The summed E-state index contributed by atoms with van der Waals surface area (Å²) in [5.41, 5.74) is 9.31. The minimum Gasteiger partial charge on any atom is -0.469 e. The lowest BCUT2D eigenvalue weighted by molar-refractivity contribution is -0.141. The Hall–Kier alpha value is -2.65. The maximum atomic E-state index is 11.3. The molecule has 0 heterocycles. The number of fused-ring (bicyclic) bond motifs is 1. The third-order valence-corrected chi connectivity index (χ3v) is 4.05. The van der Waals surface area contributed by atoms with Crippen LogP contribution in [0.1, 0.15) is 18.0 Å².